The number of aliphatic hydroxyl groups is 1. The fourth-order valence-corrected chi connectivity index (χ4v) is 2.93. The number of carbonyl (C=O) groups excluding carboxylic acids is 1. The molecule has 5 heteroatoms. The van der Waals surface area contributed by atoms with E-state index in [-0.39, 0.29) is 12.3 Å². The fourth-order valence-electron chi connectivity index (χ4n) is 2.93. The van der Waals surface area contributed by atoms with E-state index < -0.39 is 6.10 Å². The Balaban J connectivity index is 1.45. The average Bonchev–Trinajstić information content (AvgIpc) is 2.96. The van der Waals surface area contributed by atoms with E-state index in [4.69, 9.17) is 0 Å². The largest absolute Gasteiger partial charge is 0.388 e. The van der Waals surface area contributed by atoms with E-state index in [1.165, 1.54) is 0 Å². The molecule has 1 heterocycles. The lowest BCUT2D eigenvalue weighted by molar-refractivity contribution is -0.123. The predicted octanol–water partition coefficient (Wildman–Crippen LogP) is 2.75. The van der Waals surface area contributed by atoms with Gasteiger partial charge in [0.1, 0.15) is 5.82 Å². The van der Waals surface area contributed by atoms with Crippen LogP contribution in [-0.4, -0.2) is 27.1 Å². The Labute approximate surface area is 147 Å². The van der Waals surface area contributed by atoms with Crippen molar-refractivity contribution >= 4 is 16.9 Å². The van der Waals surface area contributed by atoms with Gasteiger partial charge in [-0.15, -0.1) is 0 Å². The number of fused-ring (bicyclic) bond motifs is 1. The number of aromatic nitrogens is 2. The van der Waals surface area contributed by atoms with Gasteiger partial charge in [-0.05, 0) is 24.1 Å². The minimum atomic E-state index is -0.763. The number of hydrogen-bond acceptors (Lipinski definition) is 3. The summed E-state index contributed by atoms with van der Waals surface area (Å²) in [5.74, 6) is 0.876. The standard InChI is InChI=1S/C20H23N3O2/c1-23-17-11-6-5-10-16(17)22-19(23)12-7-13-21-20(25)14-18(24)15-8-3-2-4-9-15/h2-6,8-11,18,24H,7,12-14H2,1H3,(H,21,25). The van der Waals surface area contributed by atoms with E-state index in [0.717, 1.165) is 35.3 Å². The number of carbonyl (C=O) groups is 1. The zero-order valence-electron chi connectivity index (χ0n) is 14.4. The first-order valence-electron chi connectivity index (χ1n) is 8.55. The summed E-state index contributed by atoms with van der Waals surface area (Å²) >= 11 is 0. The van der Waals surface area contributed by atoms with Gasteiger partial charge in [0.05, 0.1) is 23.6 Å². The van der Waals surface area contributed by atoms with Crippen LogP contribution in [0, 0.1) is 0 Å². The van der Waals surface area contributed by atoms with E-state index in [1.54, 1.807) is 0 Å². The quantitative estimate of drug-likeness (QED) is 0.652. The molecule has 0 radical (unpaired) electrons. The van der Waals surface area contributed by atoms with Crippen molar-refractivity contribution in [3.8, 4) is 0 Å². The van der Waals surface area contributed by atoms with Crippen molar-refractivity contribution in [2.75, 3.05) is 6.54 Å². The Bertz CT molecular complexity index is 843. The van der Waals surface area contributed by atoms with E-state index >= 15 is 0 Å². The second kappa shape index (κ2) is 7.94. The highest BCUT2D eigenvalue weighted by molar-refractivity contribution is 5.76. The second-order valence-corrected chi connectivity index (χ2v) is 6.16. The van der Waals surface area contributed by atoms with Gasteiger partial charge in [-0.1, -0.05) is 42.5 Å². The van der Waals surface area contributed by atoms with Crippen LogP contribution in [0.5, 0.6) is 0 Å². The average molecular weight is 337 g/mol. The molecule has 0 saturated carbocycles. The van der Waals surface area contributed by atoms with Gasteiger partial charge in [-0.25, -0.2) is 4.98 Å². The van der Waals surface area contributed by atoms with Crippen molar-refractivity contribution in [1.82, 2.24) is 14.9 Å². The first kappa shape index (κ1) is 17.2. The molecule has 0 fully saturated rings. The highest BCUT2D eigenvalue weighted by atomic mass is 16.3. The number of para-hydroxylation sites is 2. The summed E-state index contributed by atoms with van der Waals surface area (Å²) in [6.45, 7) is 0.573. The molecule has 0 bridgehead atoms. The Morgan fingerprint density at radius 3 is 2.64 bits per heavy atom. The molecule has 2 N–H and O–H groups in total. The number of benzene rings is 2. The molecule has 3 rings (SSSR count). The van der Waals surface area contributed by atoms with E-state index in [9.17, 15) is 9.90 Å². The molecule has 3 aromatic rings. The van der Waals surface area contributed by atoms with E-state index in [2.05, 4.69) is 20.9 Å². The summed E-state index contributed by atoms with van der Waals surface area (Å²) < 4.78 is 2.09. The van der Waals surface area contributed by atoms with Crippen molar-refractivity contribution in [1.29, 1.82) is 0 Å². The van der Waals surface area contributed by atoms with Gasteiger partial charge in [0.25, 0.3) is 0 Å². The first-order valence-corrected chi connectivity index (χ1v) is 8.55. The predicted molar refractivity (Wildman–Crippen MR) is 98.1 cm³/mol. The Hall–Kier alpha value is -2.66. The molecular formula is C20H23N3O2. The number of nitrogens with zero attached hydrogens (tertiary/aromatic N) is 2. The summed E-state index contributed by atoms with van der Waals surface area (Å²) in [6, 6.07) is 17.3. The SMILES string of the molecule is Cn1c(CCCNC(=O)CC(O)c2ccccc2)nc2ccccc21. The van der Waals surface area contributed by atoms with Crippen molar-refractivity contribution in [3.05, 3.63) is 66.0 Å². The number of amides is 1. The molecule has 0 spiro atoms. The van der Waals surface area contributed by atoms with Gasteiger partial charge in [0.2, 0.25) is 5.91 Å². The summed E-state index contributed by atoms with van der Waals surface area (Å²) in [6.07, 6.45) is 0.925. The lowest BCUT2D eigenvalue weighted by Crippen LogP contribution is -2.26. The Morgan fingerprint density at radius 2 is 1.88 bits per heavy atom. The highest BCUT2D eigenvalue weighted by Crippen LogP contribution is 2.16. The monoisotopic (exact) mass is 337 g/mol. The van der Waals surface area contributed by atoms with Crippen LogP contribution >= 0.6 is 0 Å². The zero-order valence-corrected chi connectivity index (χ0v) is 14.4. The molecule has 1 amide bonds. The van der Waals surface area contributed by atoms with Gasteiger partial charge >= 0.3 is 0 Å². The number of hydrogen-bond donors (Lipinski definition) is 2. The van der Waals surface area contributed by atoms with Crippen LogP contribution in [-0.2, 0) is 18.3 Å². The van der Waals surface area contributed by atoms with Crippen LogP contribution in [0.3, 0.4) is 0 Å². The summed E-state index contributed by atoms with van der Waals surface area (Å²) in [5, 5.41) is 12.9. The third-order valence-electron chi connectivity index (χ3n) is 4.34. The zero-order chi connectivity index (χ0) is 17.6. The molecule has 5 nitrogen and oxygen atoms in total. The number of aryl methyl sites for hydroxylation is 2. The van der Waals surface area contributed by atoms with Crippen LogP contribution in [0.4, 0.5) is 0 Å². The summed E-state index contributed by atoms with van der Waals surface area (Å²) in [5.41, 5.74) is 2.87. The maximum absolute atomic E-state index is 12.0. The van der Waals surface area contributed by atoms with Crippen molar-refractivity contribution in [2.24, 2.45) is 7.05 Å². The lowest BCUT2D eigenvalue weighted by Gasteiger charge is -2.11. The van der Waals surface area contributed by atoms with Gasteiger partial charge in [-0.3, -0.25) is 4.79 Å². The van der Waals surface area contributed by atoms with Gasteiger partial charge in [-0.2, -0.15) is 0 Å². The molecule has 0 aliphatic carbocycles. The van der Waals surface area contributed by atoms with Gasteiger partial charge in [0, 0.05) is 20.0 Å². The second-order valence-electron chi connectivity index (χ2n) is 6.16. The maximum Gasteiger partial charge on any atom is 0.222 e. The number of rotatable bonds is 7. The minimum Gasteiger partial charge on any atom is -0.388 e. The van der Waals surface area contributed by atoms with Crippen molar-refractivity contribution in [2.45, 2.75) is 25.4 Å². The normalized spacial score (nSPS) is 12.2. The number of imidazole rings is 1. The van der Waals surface area contributed by atoms with Crippen molar-refractivity contribution in [3.63, 3.8) is 0 Å². The highest BCUT2D eigenvalue weighted by Gasteiger charge is 2.12. The van der Waals surface area contributed by atoms with Crippen LogP contribution in [0.2, 0.25) is 0 Å². The third-order valence-corrected chi connectivity index (χ3v) is 4.34. The van der Waals surface area contributed by atoms with Crippen LogP contribution in [0.15, 0.2) is 54.6 Å². The summed E-state index contributed by atoms with van der Waals surface area (Å²) in [7, 11) is 2.01. The van der Waals surface area contributed by atoms with Crippen LogP contribution < -0.4 is 5.32 Å². The molecule has 25 heavy (non-hydrogen) atoms. The van der Waals surface area contributed by atoms with Gasteiger partial charge < -0.3 is 15.0 Å². The fraction of sp³-hybridized carbons (Fsp3) is 0.300. The molecule has 1 aromatic heterocycles. The molecular weight excluding hydrogens is 314 g/mol. The Kier molecular flexibility index (Phi) is 5.46. The molecule has 1 unspecified atom stereocenters. The first-order chi connectivity index (χ1) is 12.1. The maximum atomic E-state index is 12.0. The summed E-state index contributed by atoms with van der Waals surface area (Å²) in [4.78, 5) is 16.6. The number of nitrogens with one attached hydrogen (secondary N) is 1. The Morgan fingerprint density at radius 1 is 1.16 bits per heavy atom. The van der Waals surface area contributed by atoms with E-state index in [0.29, 0.717) is 6.54 Å². The molecule has 0 aliphatic rings. The minimum absolute atomic E-state index is 0.0797. The van der Waals surface area contributed by atoms with Crippen LogP contribution in [0.25, 0.3) is 11.0 Å². The van der Waals surface area contributed by atoms with Gasteiger partial charge in [0.15, 0.2) is 0 Å². The number of aliphatic hydroxyl groups excluding tert-OH is 1. The van der Waals surface area contributed by atoms with Crippen molar-refractivity contribution < 1.29 is 9.90 Å². The molecule has 2 aromatic carbocycles. The lowest BCUT2D eigenvalue weighted by atomic mass is 10.1. The molecule has 0 aliphatic heterocycles. The van der Waals surface area contributed by atoms with Crippen LogP contribution in [0.1, 0.15) is 30.3 Å². The molecule has 130 valence electrons. The smallest absolute Gasteiger partial charge is 0.222 e. The third kappa shape index (κ3) is 4.25. The molecule has 0 saturated heterocycles. The molecule has 1 atom stereocenters. The van der Waals surface area contributed by atoms with E-state index in [1.807, 2.05) is 55.6 Å². The topological polar surface area (TPSA) is 67.2 Å².